The van der Waals surface area contributed by atoms with Gasteiger partial charge in [0.2, 0.25) is 17.7 Å². The molecule has 2 fully saturated rings. The van der Waals surface area contributed by atoms with Crippen LogP contribution in [-0.2, 0) is 20.8 Å². The molecule has 0 aliphatic carbocycles. The molecule has 3 heterocycles. The number of hydrogen-bond donors (Lipinski definition) is 2. The molecule has 9 nitrogen and oxygen atoms in total. The van der Waals surface area contributed by atoms with E-state index in [2.05, 4.69) is 10.5 Å². The minimum atomic E-state index is -0.808. The van der Waals surface area contributed by atoms with Gasteiger partial charge in [0, 0.05) is 38.0 Å². The number of carbonyl (C=O) groups excluding carboxylic acids is 3. The van der Waals surface area contributed by atoms with E-state index in [0.717, 1.165) is 0 Å². The average molecular weight is 458 g/mol. The number of halogens is 1. The second-order valence-electron chi connectivity index (χ2n) is 8.63. The Hall–Kier alpha value is -3.27. The first-order valence-electron chi connectivity index (χ1n) is 11.1. The lowest BCUT2D eigenvalue weighted by Gasteiger charge is -2.35. The van der Waals surface area contributed by atoms with Crippen LogP contribution in [0.5, 0.6) is 0 Å². The van der Waals surface area contributed by atoms with Gasteiger partial charge in [-0.1, -0.05) is 23.4 Å². The van der Waals surface area contributed by atoms with Crippen molar-refractivity contribution in [2.75, 3.05) is 25.0 Å². The summed E-state index contributed by atoms with van der Waals surface area (Å²) in [5.41, 5.74) is 0.254. The molecule has 1 aromatic carbocycles. The Balaban J connectivity index is 1.34. The standard InChI is InChI=1S/C23H27FN4O5/c1-14-10-20(26-33-14)25-22(31)15-6-8-27(9-7-15)23(32)19-12-17(29)13-28(19)21(30)11-16-4-2-3-5-18(16)24/h2-5,10,15,17,19,29H,6-9,11-13H2,1H3,(H,25,26,31). The van der Waals surface area contributed by atoms with Gasteiger partial charge in [-0.15, -0.1) is 0 Å². The number of hydrogen-bond acceptors (Lipinski definition) is 6. The quantitative estimate of drug-likeness (QED) is 0.702. The van der Waals surface area contributed by atoms with Crippen molar-refractivity contribution in [3.63, 3.8) is 0 Å². The van der Waals surface area contributed by atoms with Gasteiger partial charge in [0.1, 0.15) is 17.6 Å². The van der Waals surface area contributed by atoms with Gasteiger partial charge in [-0.05, 0) is 31.4 Å². The van der Waals surface area contributed by atoms with Crippen molar-refractivity contribution in [3.05, 3.63) is 47.5 Å². The average Bonchev–Trinajstić information content (AvgIpc) is 3.40. The molecule has 2 atom stereocenters. The number of likely N-dealkylation sites (tertiary alicyclic amines) is 2. The SMILES string of the molecule is Cc1cc(NC(=O)C2CCN(C(=O)C3CC(O)CN3C(=O)Cc3ccccc3F)CC2)no1. The monoisotopic (exact) mass is 458 g/mol. The maximum absolute atomic E-state index is 14.0. The highest BCUT2D eigenvalue weighted by atomic mass is 19.1. The molecule has 2 unspecified atom stereocenters. The summed E-state index contributed by atoms with van der Waals surface area (Å²) < 4.78 is 18.9. The Kier molecular flexibility index (Phi) is 6.73. The first-order valence-corrected chi connectivity index (χ1v) is 11.1. The maximum atomic E-state index is 14.0. The third-order valence-electron chi connectivity index (χ3n) is 6.24. The summed E-state index contributed by atoms with van der Waals surface area (Å²) in [5, 5.41) is 16.6. The van der Waals surface area contributed by atoms with Crippen LogP contribution in [0.4, 0.5) is 10.2 Å². The van der Waals surface area contributed by atoms with Crippen molar-refractivity contribution in [2.24, 2.45) is 5.92 Å². The summed E-state index contributed by atoms with van der Waals surface area (Å²) in [5.74, 6) is -0.605. The van der Waals surface area contributed by atoms with Crippen molar-refractivity contribution in [3.8, 4) is 0 Å². The predicted molar refractivity (Wildman–Crippen MR) is 115 cm³/mol. The fourth-order valence-electron chi connectivity index (χ4n) is 4.46. The minimum Gasteiger partial charge on any atom is -0.391 e. The first kappa shape index (κ1) is 22.9. The van der Waals surface area contributed by atoms with E-state index in [-0.39, 0.29) is 42.7 Å². The molecule has 0 spiro atoms. The number of benzene rings is 1. The molecule has 0 bridgehead atoms. The zero-order valence-corrected chi connectivity index (χ0v) is 18.4. The number of aliphatic hydroxyl groups excluding tert-OH is 1. The number of β-amino-alcohol motifs (C(OH)–C–C–N with tert-alkyl or cyclic N) is 1. The van der Waals surface area contributed by atoms with Gasteiger partial charge in [-0.2, -0.15) is 0 Å². The van der Waals surface area contributed by atoms with Crippen LogP contribution in [0.15, 0.2) is 34.9 Å². The fraction of sp³-hybridized carbons (Fsp3) is 0.478. The molecule has 176 valence electrons. The van der Waals surface area contributed by atoms with E-state index < -0.39 is 23.9 Å². The molecule has 2 aliphatic heterocycles. The van der Waals surface area contributed by atoms with Crippen LogP contribution in [0, 0.1) is 18.7 Å². The minimum absolute atomic E-state index is 0.0413. The van der Waals surface area contributed by atoms with Crippen molar-refractivity contribution >= 4 is 23.5 Å². The van der Waals surface area contributed by atoms with Crippen LogP contribution in [0.25, 0.3) is 0 Å². The molecule has 1 aromatic heterocycles. The molecule has 33 heavy (non-hydrogen) atoms. The summed E-state index contributed by atoms with van der Waals surface area (Å²) in [6.07, 6.45) is 0.123. The Morgan fingerprint density at radius 2 is 1.97 bits per heavy atom. The maximum Gasteiger partial charge on any atom is 0.245 e. The van der Waals surface area contributed by atoms with Gasteiger partial charge in [0.15, 0.2) is 5.82 Å². The van der Waals surface area contributed by atoms with Gasteiger partial charge in [0.05, 0.1) is 12.5 Å². The molecule has 0 radical (unpaired) electrons. The summed E-state index contributed by atoms with van der Waals surface area (Å²) in [6.45, 7) is 2.52. The van der Waals surface area contributed by atoms with Crippen LogP contribution in [0.1, 0.15) is 30.6 Å². The van der Waals surface area contributed by atoms with Crippen molar-refractivity contribution in [1.82, 2.24) is 15.0 Å². The van der Waals surface area contributed by atoms with Gasteiger partial charge >= 0.3 is 0 Å². The normalized spacial score (nSPS) is 21.3. The largest absolute Gasteiger partial charge is 0.391 e. The molecule has 2 N–H and O–H groups in total. The van der Waals surface area contributed by atoms with Crippen molar-refractivity contribution in [2.45, 2.75) is 44.8 Å². The van der Waals surface area contributed by atoms with E-state index in [4.69, 9.17) is 4.52 Å². The predicted octanol–water partition coefficient (Wildman–Crippen LogP) is 1.50. The van der Waals surface area contributed by atoms with Gasteiger partial charge in [0.25, 0.3) is 0 Å². The number of aliphatic hydroxyl groups is 1. The molecule has 0 saturated carbocycles. The number of aromatic nitrogens is 1. The molecule has 10 heteroatoms. The van der Waals surface area contributed by atoms with Crippen LogP contribution in [0.2, 0.25) is 0 Å². The van der Waals surface area contributed by atoms with E-state index in [9.17, 15) is 23.9 Å². The van der Waals surface area contributed by atoms with Crippen LogP contribution < -0.4 is 5.32 Å². The number of nitrogens with zero attached hydrogens (tertiary/aromatic N) is 3. The van der Waals surface area contributed by atoms with Gasteiger partial charge < -0.3 is 24.7 Å². The number of rotatable bonds is 5. The fourth-order valence-corrected chi connectivity index (χ4v) is 4.46. The molecule has 3 amide bonds. The summed E-state index contributed by atoms with van der Waals surface area (Å²) in [4.78, 5) is 41.5. The summed E-state index contributed by atoms with van der Waals surface area (Å²) >= 11 is 0. The Labute approximate surface area is 190 Å². The Morgan fingerprint density at radius 3 is 2.64 bits per heavy atom. The molecular weight excluding hydrogens is 431 g/mol. The number of amides is 3. The van der Waals surface area contributed by atoms with Crippen LogP contribution in [0.3, 0.4) is 0 Å². The molecule has 4 rings (SSSR count). The van der Waals surface area contributed by atoms with Crippen LogP contribution >= 0.6 is 0 Å². The Morgan fingerprint density at radius 1 is 1.24 bits per heavy atom. The number of aryl methyl sites for hydroxylation is 1. The Bertz CT molecular complexity index is 1030. The van der Waals surface area contributed by atoms with E-state index in [1.165, 1.54) is 17.0 Å². The molecular formula is C23H27FN4O5. The molecule has 2 aliphatic rings. The molecule has 2 aromatic rings. The summed E-state index contributed by atoms with van der Waals surface area (Å²) in [7, 11) is 0. The zero-order valence-electron chi connectivity index (χ0n) is 18.4. The van der Waals surface area contributed by atoms with Gasteiger partial charge in [-0.3, -0.25) is 14.4 Å². The topological polar surface area (TPSA) is 116 Å². The smallest absolute Gasteiger partial charge is 0.245 e. The van der Waals surface area contributed by atoms with E-state index in [1.54, 1.807) is 30.0 Å². The van der Waals surface area contributed by atoms with Gasteiger partial charge in [-0.25, -0.2) is 4.39 Å². The van der Waals surface area contributed by atoms with E-state index in [1.807, 2.05) is 0 Å². The van der Waals surface area contributed by atoms with Crippen molar-refractivity contribution in [1.29, 1.82) is 0 Å². The number of nitrogens with one attached hydrogen (secondary N) is 1. The number of piperidine rings is 1. The lowest BCUT2D eigenvalue weighted by Crippen LogP contribution is -2.51. The lowest BCUT2D eigenvalue weighted by molar-refractivity contribution is -0.144. The second-order valence-corrected chi connectivity index (χ2v) is 8.63. The highest BCUT2D eigenvalue weighted by molar-refractivity contribution is 5.92. The zero-order chi connectivity index (χ0) is 23.5. The third-order valence-corrected chi connectivity index (χ3v) is 6.24. The highest BCUT2D eigenvalue weighted by Gasteiger charge is 2.41. The van der Waals surface area contributed by atoms with Crippen molar-refractivity contribution < 1.29 is 28.4 Å². The molecule has 2 saturated heterocycles. The van der Waals surface area contributed by atoms with E-state index >= 15 is 0 Å². The van der Waals surface area contributed by atoms with Crippen LogP contribution in [-0.4, -0.2) is 69.6 Å². The number of carbonyl (C=O) groups is 3. The lowest BCUT2D eigenvalue weighted by atomic mass is 9.95. The third kappa shape index (κ3) is 5.22. The van der Waals surface area contributed by atoms with E-state index in [0.29, 0.717) is 37.5 Å². The highest BCUT2D eigenvalue weighted by Crippen LogP contribution is 2.25. The second kappa shape index (κ2) is 9.70. The summed E-state index contributed by atoms with van der Waals surface area (Å²) in [6, 6.07) is 6.86. The first-order chi connectivity index (χ1) is 15.8. The number of anilines is 1.